The Morgan fingerprint density at radius 2 is 2.38 bits per heavy atom. The van der Waals surface area contributed by atoms with Gasteiger partial charge in [-0.25, -0.2) is 0 Å². The lowest BCUT2D eigenvalue weighted by Crippen LogP contribution is -1.74. The van der Waals surface area contributed by atoms with Crippen molar-refractivity contribution < 1.29 is 0 Å². The van der Waals surface area contributed by atoms with Crippen LogP contribution in [0.15, 0.2) is 24.3 Å². The van der Waals surface area contributed by atoms with Gasteiger partial charge in [0.2, 0.25) is 0 Å². The molecule has 1 rings (SSSR count). The van der Waals surface area contributed by atoms with Crippen LogP contribution in [0.1, 0.15) is 5.56 Å². The summed E-state index contributed by atoms with van der Waals surface area (Å²) in [4.78, 5) is 0. The van der Waals surface area contributed by atoms with Crippen molar-refractivity contribution in [2.24, 2.45) is 0 Å². The zero-order valence-electron chi connectivity index (χ0n) is 4.39. The summed E-state index contributed by atoms with van der Waals surface area (Å²) >= 11 is 0. The molecule has 0 aliphatic carbocycles. The molecule has 1 N–H and O–H groups in total. The molecular weight excluding hydrogens is 98.1 g/mol. The molecule has 0 spiro atoms. The summed E-state index contributed by atoms with van der Waals surface area (Å²) in [6.07, 6.45) is 1.28. The lowest BCUT2D eigenvalue weighted by molar-refractivity contribution is 1.53. The highest BCUT2D eigenvalue weighted by Crippen LogP contribution is 1.90. The van der Waals surface area contributed by atoms with Crippen molar-refractivity contribution in [2.45, 2.75) is 0 Å². The van der Waals surface area contributed by atoms with Crippen LogP contribution in [0.25, 0.3) is 0 Å². The second kappa shape index (κ2) is 2.26. The van der Waals surface area contributed by atoms with Gasteiger partial charge in [0.1, 0.15) is 0 Å². The fourth-order valence-electron chi connectivity index (χ4n) is 0.497. The molecule has 1 nitrogen and oxygen atoms in total. The van der Waals surface area contributed by atoms with Gasteiger partial charge >= 0.3 is 0 Å². The Morgan fingerprint density at radius 3 is 2.75 bits per heavy atom. The predicted molar refractivity (Wildman–Crippen MR) is 33.2 cm³/mol. The SMILES string of the molecule is N=Cc1[c]cccc1. The van der Waals surface area contributed by atoms with E-state index in [0.717, 1.165) is 5.56 Å². The van der Waals surface area contributed by atoms with Gasteiger partial charge in [0.05, 0.1) is 0 Å². The van der Waals surface area contributed by atoms with Crippen molar-refractivity contribution in [2.75, 3.05) is 0 Å². The molecule has 1 aromatic rings. The van der Waals surface area contributed by atoms with Crippen LogP contribution in [0.2, 0.25) is 0 Å². The fourth-order valence-corrected chi connectivity index (χ4v) is 0.497. The molecule has 0 saturated heterocycles. The van der Waals surface area contributed by atoms with Crippen molar-refractivity contribution in [1.29, 1.82) is 5.41 Å². The number of nitrogens with one attached hydrogen (secondary N) is 1. The highest BCUT2D eigenvalue weighted by molar-refractivity contribution is 5.76. The van der Waals surface area contributed by atoms with Gasteiger partial charge < -0.3 is 5.41 Å². The summed E-state index contributed by atoms with van der Waals surface area (Å²) in [6, 6.07) is 10.3. The van der Waals surface area contributed by atoms with Crippen molar-refractivity contribution in [3.8, 4) is 0 Å². The Morgan fingerprint density at radius 1 is 1.50 bits per heavy atom. The van der Waals surface area contributed by atoms with Crippen molar-refractivity contribution >= 4 is 6.21 Å². The first-order valence-electron chi connectivity index (χ1n) is 2.40. The molecule has 1 radical (unpaired) electrons. The van der Waals surface area contributed by atoms with E-state index in [1.54, 1.807) is 6.07 Å². The zero-order valence-corrected chi connectivity index (χ0v) is 4.39. The van der Waals surface area contributed by atoms with Gasteiger partial charge in [0, 0.05) is 6.21 Å². The van der Waals surface area contributed by atoms with Gasteiger partial charge in [0.25, 0.3) is 0 Å². The first-order valence-corrected chi connectivity index (χ1v) is 2.40. The topological polar surface area (TPSA) is 23.9 Å². The lowest BCUT2D eigenvalue weighted by atomic mass is 10.2. The van der Waals surface area contributed by atoms with E-state index >= 15 is 0 Å². The van der Waals surface area contributed by atoms with Crippen molar-refractivity contribution in [1.82, 2.24) is 0 Å². The van der Waals surface area contributed by atoms with Crippen LogP contribution in [0.3, 0.4) is 0 Å². The quantitative estimate of drug-likeness (QED) is 0.522. The predicted octanol–water partition coefficient (Wildman–Crippen LogP) is 1.48. The summed E-state index contributed by atoms with van der Waals surface area (Å²) < 4.78 is 0. The Balaban J connectivity index is 2.99. The largest absolute Gasteiger partial charge is 0.308 e. The molecule has 0 aliphatic rings. The van der Waals surface area contributed by atoms with Crippen LogP contribution < -0.4 is 0 Å². The Bertz CT molecular complexity index is 167. The van der Waals surface area contributed by atoms with E-state index in [1.165, 1.54) is 6.21 Å². The molecule has 8 heavy (non-hydrogen) atoms. The third-order valence-electron chi connectivity index (χ3n) is 0.889. The monoisotopic (exact) mass is 104 g/mol. The van der Waals surface area contributed by atoms with Crippen LogP contribution in [0.5, 0.6) is 0 Å². The summed E-state index contributed by atoms with van der Waals surface area (Å²) in [5.41, 5.74) is 0.826. The summed E-state index contributed by atoms with van der Waals surface area (Å²) in [5, 5.41) is 6.79. The first kappa shape index (κ1) is 5.04. The number of hydrogen-bond acceptors (Lipinski definition) is 1. The van der Waals surface area contributed by atoms with Gasteiger partial charge in [-0.2, -0.15) is 0 Å². The van der Waals surface area contributed by atoms with Crippen LogP contribution >= 0.6 is 0 Å². The lowest BCUT2D eigenvalue weighted by Gasteiger charge is -1.83. The molecule has 0 atom stereocenters. The Hall–Kier alpha value is -1.11. The van der Waals surface area contributed by atoms with Gasteiger partial charge in [-0.05, 0) is 11.6 Å². The van der Waals surface area contributed by atoms with E-state index in [2.05, 4.69) is 6.07 Å². The number of rotatable bonds is 1. The summed E-state index contributed by atoms with van der Waals surface area (Å²) in [7, 11) is 0. The third-order valence-corrected chi connectivity index (χ3v) is 0.889. The standard InChI is InChI=1S/C7H6N/c8-6-7-4-2-1-3-5-7/h1-4,6,8H. The third kappa shape index (κ3) is 0.936. The van der Waals surface area contributed by atoms with Crippen molar-refractivity contribution in [3.63, 3.8) is 0 Å². The molecule has 0 saturated carbocycles. The smallest absolute Gasteiger partial charge is 0.0256 e. The van der Waals surface area contributed by atoms with Crippen LogP contribution in [-0.4, -0.2) is 6.21 Å². The van der Waals surface area contributed by atoms with Gasteiger partial charge in [-0.15, -0.1) is 0 Å². The molecule has 0 amide bonds. The maximum atomic E-state index is 6.79. The molecule has 1 heteroatoms. The number of benzene rings is 1. The van der Waals surface area contributed by atoms with E-state index in [0.29, 0.717) is 0 Å². The normalized spacial score (nSPS) is 8.50. The number of hydrogen-bond donors (Lipinski definition) is 1. The minimum atomic E-state index is 0.826. The second-order valence-corrected chi connectivity index (χ2v) is 1.46. The van der Waals surface area contributed by atoms with E-state index in [1.807, 2.05) is 18.2 Å². The first-order chi connectivity index (χ1) is 3.93. The van der Waals surface area contributed by atoms with Gasteiger partial charge in [-0.3, -0.25) is 0 Å². The Labute approximate surface area is 48.5 Å². The molecule has 0 heterocycles. The van der Waals surface area contributed by atoms with Crippen LogP contribution in [0, 0.1) is 11.5 Å². The molecule has 1 aromatic carbocycles. The minimum Gasteiger partial charge on any atom is -0.308 e. The fraction of sp³-hybridized carbons (Fsp3) is 0. The summed E-state index contributed by atoms with van der Waals surface area (Å²) in [6.45, 7) is 0. The Kier molecular flexibility index (Phi) is 1.42. The van der Waals surface area contributed by atoms with Gasteiger partial charge in [0.15, 0.2) is 0 Å². The van der Waals surface area contributed by atoms with Crippen molar-refractivity contribution in [3.05, 3.63) is 35.9 Å². The van der Waals surface area contributed by atoms with Gasteiger partial charge in [-0.1, -0.05) is 24.3 Å². The average molecular weight is 104 g/mol. The van der Waals surface area contributed by atoms with Crippen LogP contribution in [0.4, 0.5) is 0 Å². The molecular formula is C7H6N. The highest BCUT2D eigenvalue weighted by Gasteiger charge is 1.78. The summed E-state index contributed by atoms with van der Waals surface area (Å²) in [5.74, 6) is 0. The van der Waals surface area contributed by atoms with E-state index in [9.17, 15) is 0 Å². The van der Waals surface area contributed by atoms with Crippen LogP contribution in [-0.2, 0) is 0 Å². The van der Waals surface area contributed by atoms with E-state index < -0.39 is 0 Å². The zero-order chi connectivity index (χ0) is 5.82. The maximum absolute atomic E-state index is 6.79. The molecule has 39 valence electrons. The molecule has 0 aliphatic heterocycles. The molecule has 0 fully saturated rings. The minimum absolute atomic E-state index is 0.826. The average Bonchev–Trinajstić information content (AvgIpc) is 1.90. The van der Waals surface area contributed by atoms with E-state index in [4.69, 9.17) is 5.41 Å². The highest BCUT2D eigenvalue weighted by atomic mass is 14.3. The molecule has 0 aromatic heterocycles. The molecule has 0 bridgehead atoms. The second-order valence-electron chi connectivity index (χ2n) is 1.46. The molecule has 0 unspecified atom stereocenters. The van der Waals surface area contributed by atoms with E-state index in [-0.39, 0.29) is 0 Å². The maximum Gasteiger partial charge on any atom is 0.0256 e.